The topological polar surface area (TPSA) is 69.4 Å². The summed E-state index contributed by atoms with van der Waals surface area (Å²) < 4.78 is 33.6. The summed E-state index contributed by atoms with van der Waals surface area (Å²) in [5.41, 5.74) is 1.46. The van der Waals surface area contributed by atoms with E-state index < -0.39 is 10.1 Å². The van der Waals surface area contributed by atoms with Crippen LogP contribution in [-0.4, -0.2) is 13.4 Å². The zero-order chi connectivity index (χ0) is 13.2. The van der Waals surface area contributed by atoms with Crippen LogP contribution in [0.3, 0.4) is 0 Å². The molecular formula is C12H13NO4S. The Kier molecular flexibility index (Phi) is 3.49. The van der Waals surface area contributed by atoms with E-state index in [4.69, 9.17) is 8.60 Å². The van der Waals surface area contributed by atoms with Gasteiger partial charge in [0, 0.05) is 0 Å². The summed E-state index contributed by atoms with van der Waals surface area (Å²) in [6.45, 7) is 3.46. The average molecular weight is 267 g/mol. The molecule has 0 aliphatic heterocycles. The molecule has 1 aromatic carbocycles. The number of hydrogen-bond acceptors (Lipinski definition) is 5. The first-order valence-corrected chi connectivity index (χ1v) is 6.75. The predicted octanol–water partition coefficient (Wildman–Crippen LogP) is 2.20. The monoisotopic (exact) mass is 267 g/mol. The van der Waals surface area contributed by atoms with Crippen molar-refractivity contribution in [1.29, 1.82) is 0 Å². The minimum Gasteiger partial charge on any atom is -0.448 e. The van der Waals surface area contributed by atoms with Crippen molar-refractivity contribution in [2.45, 2.75) is 25.3 Å². The zero-order valence-corrected chi connectivity index (χ0v) is 10.9. The third kappa shape index (κ3) is 2.77. The van der Waals surface area contributed by atoms with Gasteiger partial charge in [-0.25, -0.2) is 4.98 Å². The van der Waals surface area contributed by atoms with Crippen LogP contribution in [0.5, 0.6) is 0 Å². The molecule has 0 N–H and O–H groups in total. The lowest BCUT2D eigenvalue weighted by molar-refractivity contribution is 0.302. The highest BCUT2D eigenvalue weighted by Crippen LogP contribution is 2.16. The molecule has 2 aromatic rings. The van der Waals surface area contributed by atoms with Gasteiger partial charge in [0.25, 0.3) is 10.1 Å². The highest BCUT2D eigenvalue weighted by Gasteiger charge is 2.16. The van der Waals surface area contributed by atoms with Crippen LogP contribution in [0, 0.1) is 13.8 Å². The van der Waals surface area contributed by atoms with Gasteiger partial charge >= 0.3 is 0 Å². The minimum atomic E-state index is -3.75. The summed E-state index contributed by atoms with van der Waals surface area (Å²) in [5, 5.41) is 0. The third-order valence-corrected chi connectivity index (χ3v) is 3.78. The van der Waals surface area contributed by atoms with Crippen molar-refractivity contribution in [3.63, 3.8) is 0 Å². The third-order valence-electron chi connectivity index (χ3n) is 2.50. The summed E-state index contributed by atoms with van der Waals surface area (Å²) in [6, 6.07) is 6.47. The van der Waals surface area contributed by atoms with Crippen molar-refractivity contribution in [2.75, 3.05) is 0 Å². The Balaban J connectivity index is 2.13. The van der Waals surface area contributed by atoms with Crippen LogP contribution >= 0.6 is 0 Å². The largest absolute Gasteiger partial charge is 0.448 e. The fraction of sp³-hybridized carbons (Fsp3) is 0.250. The summed E-state index contributed by atoms with van der Waals surface area (Å²) in [6.07, 6.45) is 1.26. The van der Waals surface area contributed by atoms with Crippen molar-refractivity contribution in [3.05, 3.63) is 47.7 Å². The lowest BCUT2D eigenvalue weighted by Crippen LogP contribution is -2.07. The molecule has 96 valence electrons. The molecular weight excluding hydrogens is 254 g/mol. The Morgan fingerprint density at radius 1 is 1.22 bits per heavy atom. The van der Waals surface area contributed by atoms with Crippen LogP contribution in [0.2, 0.25) is 0 Å². The molecule has 0 saturated heterocycles. The van der Waals surface area contributed by atoms with Crippen LogP contribution in [-0.2, 0) is 20.9 Å². The number of aryl methyl sites for hydroxylation is 2. The summed E-state index contributed by atoms with van der Waals surface area (Å²) in [5.74, 6) is 0.550. The second kappa shape index (κ2) is 4.91. The number of oxazole rings is 1. The number of aromatic nitrogens is 1. The molecule has 6 heteroatoms. The van der Waals surface area contributed by atoms with Crippen molar-refractivity contribution < 1.29 is 17.0 Å². The molecule has 0 fully saturated rings. The molecule has 0 saturated carbocycles. The molecule has 2 rings (SSSR count). The molecule has 0 bridgehead atoms. The predicted molar refractivity (Wildman–Crippen MR) is 64.4 cm³/mol. The number of hydrogen-bond donors (Lipinski definition) is 0. The second-order valence-corrected chi connectivity index (χ2v) is 5.50. The Labute approximate surface area is 106 Å². The summed E-state index contributed by atoms with van der Waals surface area (Å²) >= 11 is 0. The molecule has 0 atom stereocenters. The molecule has 1 heterocycles. The van der Waals surface area contributed by atoms with Crippen LogP contribution < -0.4 is 0 Å². The lowest BCUT2D eigenvalue weighted by atomic mass is 10.2. The molecule has 0 amide bonds. The molecule has 0 spiro atoms. The van der Waals surface area contributed by atoms with E-state index >= 15 is 0 Å². The van der Waals surface area contributed by atoms with Crippen LogP contribution in [0.1, 0.15) is 17.0 Å². The Morgan fingerprint density at radius 3 is 2.44 bits per heavy atom. The van der Waals surface area contributed by atoms with Crippen molar-refractivity contribution >= 4 is 10.1 Å². The SMILES string of the molecule is Cc1ccc(S(=O)(=O)OCc2ncoc2C)cc1. The van der Waals surface area contributed by atoms with Gasteiger partial charge in [0.05, 0.1) is 4.90 Å². The van der Waals surface area contributed by atoms with Gasteiger partial charge in [-0.05, 0) is 26.0 Å². The molecule has 1 aromatic heterocycles. The van der Waals surface area contributed by atoms with Gasteiger partial charge < -0.3 is 4.42 Å². The minimum absolute atomic E-state index is 0.126. The van der Waals surface area contributed by atoms with E-state index in [0.29, 0.717) is 11.5 Å². The number of nitrogens with zero attached hydrogens (tertiary/aromatic N) is 1. The lowest BCUT2D eigenvalue weighted by Gasteiger charge is -2.04. The number of benzene rings is 1. The standard InChI is InChI=1S/C12H13NO4S/c1-9-3-5-11(6-4-9)18(14,15)17-7-12-10(2)16-8-13-12/h3-6,8H,7H2,1-2H3. The van der Waals surface area contributed by atoms with Crippen LogP contribution in [0.4, 0.5) is 0 Å². The molecule has 0 radical (unpaired) electrons. The van der Waals surface area contributed by atoms with Crippen LogP contribution in [0.15, 0.2) is 40.0 Å². The molecule has 0 unspecified atom stereocenters. The number of rotatable bonds is 4. The maximum absolute atomic E-state index is 11.9. The van der Waals surface area contributed by atoms with Crippen molar-refractivity contribution in [2.24, 2.45) is 0 Å². The first-order valence-electron chi connectivity index (χ1n) is 5.34. The van der Waals surface area contributed by atoms with E-state index in [2.05, 4.69) is 4.98 Å². The first-order chi connectivity index (χ1) is 8.49. The maximum atomic E-state index is 11.9. The normalized spacial score (nSPS) is 11.7. The zero-order valence-electron chi connectivity index (χ0n) is 10.1. The molecule has 5 nitrogen and oxygen atoms in total. The average Bonchev–Trinajstić information content (AvgIpc) is 2.73. The van der Waals surface area contributed by atoms with Gasteiger partial charge in [-0.15, -0.1) is 0 Å². The Morgan fingerprint density at radius 2 is 1.89 bits per heavy atom. The smallest absolute Gasteiger partial charge is 0.297 e. The van der Waals surface area contributed by atoms with Gasteiger partial charge in [-0.2, -0.15) is 8.42 Å². The van der Waals surface area contributed by atoms with Gasteiger partial charge in [-0.3, -0.25) is 4.18 Å². The molecule has 18 heavy (non-hydrogen) atoms. The van der Waals surface area contributed by atoms with E-state index in [0.717, 1.165) is 5.56 Å². The summed E-state index contributed by atoms with van der Waals surface area (Å²) in [7, 11) is -3.75. The van der Waals surface area contributed by atoms with Crippen LogP contribution in [0.25, 0.3) is 0 Å². The summed E-state index contributed by atoms with van der Waals surface area (Å²) in [4.78, 5) is 4.00. The maximum Gasteiger partial charge on any atom is 0.297 e. The van der Waals surface area contributed by atoms with E-state index in [1.54, 1.807) is 19.1 Å². The van der Waals surface area contributed by atoms with Gasteiger partial charge in [-0.1, -0.05) is 17.7 Å². The Bertz CT molecular complexity index is 628. The van der Waals surface area contributed by atoms with E-state index in [1.807, 2.05) is 6.92 Å². The van der Waals surface area contributed by atoms with Gasteiger partial charge in [0.2, 0.25) is 0 Å². The van der Waals surface area contributed by atoms with E-state index in [9.17, 15) is 8.42 Å². The fourth-order valence-corrected chi connectivity index (χ4v) is 2.25. The molecule has 0 aliphatic rings. The van der Waals surface area contributed by atoms with Gasteiger partial charge in [0.15, 0.2) is 6.39 Å². The fourth-order valence-electron chi connectivity index (χ4n) is 1.37. The quantitative estimate of drug-likeness (QED) is 0.794. The highest BCUT2D eigenvalue weighted by atomic mass is 32.2. The second-order valence-electron chi connectivity index (χ2n) is 3.88. The van der Waals surface area contributed by atoms with Crippen molar-refractivity contribution in [1.82, 2.24) is 4.98 Å². The highest BCUT2D eigenvalue weighted by molar-refractivity contribution is 7.86. The van der Waals surface area contributed by atoms with Gasteiger partial charge in [0.1, 0.15) is 18.1 Å². The van der Waals surface area contributed by atoms with E-state index in [-0.39, 0.29) is 11.5 Å². The van der Waals surface area contributed by atoms with E-state index in [1.165, 1.54) is 18.5 Å². The molecule has 0 aliphatic carbocycles. The Hall–Kier alpha value is -1.66. The first kappa shape index (κ1) is 12.8. The van der Waals surface area contributed by atoms with Crippen molar-refractivity contribution in [3.8, 4) is 0 Å².